The van der Waals surface area contributed by atoms with Gasteiger partial charge in [0, 0.05) is 11.1 Å². The Kier molecular flexibility index (Phi) is 8.25. The van der Waals surface area contributed by atoms with Crippen molar-refractivity contribution in [1.82, 2.24) is 10.6 Å². The molecule has 0 radical (unpaired) electrons. The molecule has 172 valence electrons. The van der Waals surface area contributed by atoms with Gasteiger partial charge in [-0.15, -0.1) is 0 Å². The van der Waals surface area contributed by atoms with Gasteiger partial charge < -0.3 is 15.4 Å². The average Bonchev–Trinajstić information content (AvgIpc) is 2.79. The van der Waals surface area contributed by atoms with Gasteiger partial charge in [0.2, 0.25) is 0 Å². The molecule has 3 rings (SSSR count). The zero-order valence-corrected chi connectivity index (χ0v) is 19.7. The van der Waals surface area contributed by atoms with E-state index >= 15 is 0 Å². The van der Waals surface area contributed by atoms with E-state index in [1.54, 1.807) is 24.3 Å². The van der Waals surface area contributed by atoms with E-state index in [4.69, 9.17) is 4.74 Å². The molecule has 0 spiro atoms. The zero-order valence-electron chi connectivity index (χ0n) is 19.7. The van der Waals surface area contributed by atoms with E-state index in [2.05, 4.69) is 24.5 Å². The predicted molar refractivity (Wildman–Crippen MR) is 131 cm³/mol. The van der Waals surface area contributed by atoms with Gasteiger partial charge in [-0.2, -0.15) is 0 Å². The van der Waals surface area contributed by atoms with Crippen molar-refractivity contribution < 1.29 is 14.3 Å². The number of hydrogen-bond acceptors (Lipinski definition) is 3. The molecular weight excluding hydrogens is 412 g/mol. The van der Waals surface area contributed by atoms with Gasteiger partial charge in [-0.1, -0.05) is 61.4 Å². The molecule has 0 aliphatic carbocycles. The highest BCUT2D eigenvalue weighted by molar-refractivity contribution is 5.96. The number of aryl methyl sites for hydroxylation is 2. The second-order valence-corrected chi connectivity index (χ2v) is 8.71. The molecule has 5 heteroatoms. The first-order valence-electron chi connectivity index (χ1n) is 11.3. The average molecular weight is 445 g/mol. The maximum atomic E-state index is 12.9. The number of carbonyl (C=O) groups is 2. The van der Waals surface area contributed by atoms with Crippen molar-refractivity contribution in [3.63, 3.8) is 0 Å². The Morgan fingerprint density at radius 3 is 1.61 bits per heavy atom. The molecule has 2 amide bonds. The number of amides is 2. The third-order valence-corrected chi connectivity index (χ3v) is 5.36. The van der Waals surface area contributed by atoms with Crippen molar-refractivity contribution in [2.24, 2.45) is 5.92 Å². The van der Waals surface area contributed by atoms with Crippen molar-refractivity contribution in [2.75, 3.05) is 6.61 Å². The third kappa shape index (κ3) is 7.21. The molecule has 0 saturated carbocycles. The van der Waals surface area contributed by atoms with Gasteiger partial charge in [0.25, 0.3) is 11.8 Å². The largest absolute Gasteiger partial charge is 0.494 e. The lowest BCUT2D eigenvalue weighted by molar-refractivity contribution is 0.0883. The van der Waals surface area contributed by atoms with Gasteiger partial charge in [0.05, 0.1) is 6.61 Å². The monoisotopic (exact) mass is 444 g/mol. The van der Waals surface area contributed by atoms with Crippen molar-refractivity contribution >= 4 is 11.8 Å². The van der Waals surface area contributed by atoms with Gasteiger partial charge in [-0.3, -0.25) is 9.59 Å². The molecule has 0 atom stereocenters. The van der Waals surface area contributed by atoms with Gasteiger partial charge in [-0.05, 0) is 68.1 Å². The van der Waals surface area contributed by atoms with Crippen LogP contribution in [0.5, 0.6) is 5.75 Å². The van der Waals surface area contributed by atoms with Crippen molar-refractivity contribution in [1.29, 1.82) is 0 Å². The Labute approximate surface area is 196 Å². The Morgan fingerprint density at radius 2 is 1.18 bits per heavy atom. The minimum Gasteiger partial charge on any atom is -0.494 e. The number of rotatable bonds is 9. The van der Waals surface area contributed by atoms with Crippen molar-refractivity contribution in [3.8, 4) is 5.75 Å². The molecule has 3 aromatic carbocycles. The summed E-state index contributed by atoms with van der Waals surface area (Å²) in [6.45, 7) is 8.90. The second-order valence-electron chi connectivity index (χ2n) is 8.71. The van der Waals surface area contributed by atoms with Crippen LogP contribution in [0.3, 0.4) is 0 Å². The highest BCUT2D eigenvalue weighted by Gasteiger charge is 2.19. The van der Waals surface area contributed by atoms with Crippen LogP contribution < -0.4 is 15.4 Å². The van der Waals surface area contributed by atoms with Crippen LogP contribution >= 0.6 is 0 Å². The fraction of sp³-hybridized carbons (Fsp3) is 0.286. The summed E-state index contributed by atoms with van der Waals surface area (Å²) < 4.78 is 5.80. The van der Waals surface area contributed by atoms with Crippen LogP contribution in [0.15, 0.2) is 72.8 Å². The second kappa shape index (κ2) is 11.3. The topological polar surface area (TPSA) is 67.4 Å². The first kappa shape index (κ1) is 24.1. The predicted octanol–water partition coefficient (Wildman–Crippen LogP) is 5.59. The highest BCUT2D eigenvalue weighted by atomic mass is 16.5. The van der Waals surface area contributed by atoms with Crippen LogP contribution in [0, 0.1) is 19.8 Å². The van der Waals surface area contributed by atoms with Crippen molar-refractivity contribution in [3.05, 3.63) is 101 Å². The number of ether oxygens (including phenoxy) is 1. The summed E-state index contributed by atoms with van der Waals surface area (Å²) in [6, 6.07) is 22.1. The summed E-state index contributed by atoms with van der Waals surface area (Å²) in [5, 5.41) is 5.89. The lowest BCUT2D eigenvalue weighted by atomic mass is 10.1. The molecule has 0 bridgehead atoms. The van der Waals surface area contributed by atoms with E-state index < -0.39 is 6.17 Å². The zero-order chi connectivity index (χ0) is 23.8. The Morgan fingerprint density at radius 1 is 0.727 bits per heavy atom. The van der Waals surface area contributed by atoms with Crippen LogP contribution in [-0.4, -0.2) is 18.4 Å². The number of carbonyl (C=O) groups excluding carboxylic acids is 2. The molecular formula is C28H32N2O3. The van der Waals surface area contributed by atoms with E-state index in [1.807, 2.05) is 62.4 Å². The Hall–Kier alpha value is -3.60. The normalized spacial score (nSPS) is 10.8. The van der Waals surface area contributed by atoms with E-state index in [9.17, 15) is 9.59 Å². The van der Waals surface area contributed by atoms with Crippen LogP contribution in [0.25, 0.3) is 0 Å². The molecule has 0 saturated heterocycles. The Balaban J connectivity index is 1.78. The van der Waals surface area contributed by atoms with E-state index in [1.165, 1.54) is 0 Å². The lowest BCUT2D eigenvalue weighted by Gasteiger charge is -2.21. The maximum absolute atomic E-state index is 12.9. The smallest absolute Gasteiger partial charge is 0.253 e. The SMILES string of the molecule is Cc1ccc(C(=O)NC(NC(=O)c2ccc(C)cc2)c2ccc(OCCC(C)C)cc2)cc1. The standard InChI is InChI=1S/C28H32N2O3/c1-19(2)17-18-33-25-15-13-22(14-16-25)26(29-27(31)23-9-5-20(3)6-10-23)30-28(32)24-11-7-21(4)8-12-24/h5-16,19,26H,17-18H2,1-4H3,(H,29,31)(H,30,32). The summed E-state index contributed by atoms with van der Waals surface area (Å²) in [5.74, 6) is 0.804. The summed E-state index contributed by atoms with van der Waals surface area (Å²) in [6.07, 6.45) is 0.279. The number of hydrogen-bond donors (Lipinski definition) is 2. The lowest BCUT2D eigenvalue weighted by Crippen LogP contribution is -2.41. The molecule has 2 N–H and O–H groups in total. The molecule has 0 fully saturated rings. The minimum atomic E-state index is -0.697. The fourth-order valence-electron chi connectivity index (χ4n) is 3.21. The molecule has 5 nitrogen and oxygen atoms in total. The summed E-state index contributed by atoms with van der Waals surface area (Å²) in [4.78, 5) is 25.8. The summed E-state index contributed by atoms with van der Waals surface area (Å²) in [5.41, 5.74) is 3.97. The van der Waals surface area contributed by atoms with E-state index in [0.29, 0.717) is 23.7 Å². The van der Waals surface area contributed by atoms with Crippen LogP contribution in [0.1, 0.15) is 63.8 Å². The Bertz CT molecular complexity index is 996. The fourth-order valence-corrected chi connectivity index (χ4v) is 3.21. The first-order chi connectivity index (χ1) is 15.8. The van der Waals surface area contributed by atoms with Gasteiger partial charge >= 0.3 is 0 Å². The van der Waals surface area contributed by atoms with Crippen LogP contribution in [-0.2, 0) is 0 Å². The summed E-state index contributed by atoms with van der Waals surface area (Å²) in [7, 11) is 0. The van der Waals surface area contributed by atoms with Crippen LogP contribution in [0.2, 0.25) is 0 Å². The molecule has 0 aliphatic rings. The number of nitrogens with one attached hydrogen (secondary N) is 2. The molecule has 0 aromatic heterocycles. The third-order valence-electron chi connectivity index (χ3n) is 5.36. The molecule has 3 aromatic rings. The van der Waals surface area contributed by atoms with E-state index in [-0.39, 0.29) is 11.8 Å². The minimum absolute atomic E-state index is 0.263. The van der Waals surface area contributed by atoms with Crippen LogP contribution in [0.4, 0.5) is 0 Å². The summed E-state index contributed by atoms with van der Waals surface area (Å²) >= 11 is 0. The molecule has 0 heterocycles. The molecule has 33 heavy (non-hydrogen) atoms. The maximum Gasteiger partial charge on any atom is 0.253 e. The van der Waals surface area contributed by atoms with E-state index in [0.717, 1.165) is 28.9 Å². The van der Waals surface area contributed by atoms with Gasteiger partial charge in [-0.25, -0.2) is 0 Å². The molecule has 0 unspecified atom stereocenters. The molecule has 0 aliphatic heterocycles. The quantitative estimate of drug-likeness (QED) is 0.423. The highest BCUT2D eigenvalue weighted by Crippen LogP contribution is 2.19. The van der Waals surface area contributed by atoms with Gasteiger partial charge in [0.1, 0.15) is 11.9 Å². The number of benzene rings is 3. The first-order valence-corrected chi connectivity index (χ1v) is 11.3. The van der Waals surface area contributed by atoms with Gasteiger partial charge in [0.15, 0.2) is 0 Å². The van der Waals surface area contributed by atoms with Crippen molar-refractivity contribution in [2.45, 2.75) is 40.3 Å².